The van der Waals surface area contributed by atoms with Crippen molar-refractivity contribution in [2.24, 2.45) is 5.73 Å². The van der Waals surface area contributed by atoms with E-state index in [1.165, 1.54) is 29.9 Å². The maximum atomic E-state index is 11.7. The minimum atomic E-state index is -0.152. The Hall–Kier alpha value is -1.69. The van der Waals surface area contributed by atoms with Crippen molar-refractivity contribution in [2.75, 3.05) is 24.5 Å². The molecule has 1 amide bonds. The molecule has 2 aliphatic heterocycles. The first-order valence-corrected chi connectivity index (χ1v) is 9.80. The standard InChI is InChI=1S/C19H29N5O/c1-13-21-16-6-3-2-5-15(16)19(22-13)23-11-8-14(9-12-23)24-10-4-7-17(24)18(20)25/h14,17H,2-12H2,1H3,(H2,20,25). The van der Waals surface area contributed by atoms with E-state index in [-0.39, 0.29) is 11.9 Å². The number of nitrogens with two attached hydrogens (primary N) is 1. The maximum absolute atomic E-state index is 11.7. The van der Waals surface area contributed by atoms with Crippen LogP contribution in [-0.2, 0) is 17.6 Å². The topological polar surface area (TPSA) is 75.3 Å². The van der Waals surface area contributed by atoms with E-state index < -0.39 is 0 Å². The maximum Gasteiger partial charge on any atom is 0.234 e. The summed E-state index contributed by atoms with van der Waals surface area (Å²) in [7, 11) is 0. The minimum absolute atomic E-state index is 0.0504. The van der Waals surface area contributed by atoms with Gasteiger partial charge in [0.25, 0.3) is 0 Å². The van der Waals surface area contributed by atoms with Gasteiger partial charge in [-0.3, -0.25) is 9.69 Å². The van der Waals surface area contributed by atoms with Crippen LogP contribution in [-0.4, -0.2) is 52.5 Å². The molecule has 0 spiro atoms. The molecule has 0 aromatic carbocycles. The Labute approximate surface area is 149 Å². The van der Waals surface area contributed by atoms with Gasteiger partial charge in [0.1, 0.15) is 11.6 Å². The number of fused-ring (bicyclic) bond motifs is 1. The zero-order chi connectivity index (χ0) is 17.4. The molecule has 136 valence electrons. The first kappa shape index (κ1) is 16.8. The minimum Gasteiger partial charge on any atom is -0.368 e. The van der Waals surface area contributed by atoms with Gasteiger partial charge in [-0.2, -0.15) is 0 Å². The highest BCUT2D eigenvalue weighted by atomic mass is 16.1. The summed E-state index contributed by atoms with van der Waals surface area (Å²) in [4.78, 5) is 26.0. The van der Waals surface area contributed by atoms with Gasteiger partial charge in [0.05, 0.1) is 6.04 Å². The third-order valence-electron chi connectivity index (χ3n) is 6.13. The van der Waals surface area contributed by atoms with Crippen LogP contribution in [0.1, 0.15) is 55.6 Å². The second kappa shape index (κ2) is 6.90. The van der Waals surface area contributed by atoms with Crippen LogP contribution in [0.15, 0.2) is 0 Å². The molecule has 3 heterocycles. The number of likely N-dealkylation sites (tertiary alicyclic amines) is 1. The first-order chi connectivity index (χ1) is 12.1. The first-order valence-electron chi connectivity index (χ1n) is 9.80. The molecule has 0 bridgehead atoms. The van der Waals surface area contributed by atoms with Gasteiger partial charge in [-0.05, 0) is 64.8 Å². The quantitative estimate of drug-likeness (QED) is 0.902. The Morgan fingerprint density at radius 2 is 1.80 bits per heavy atom. The number of anilines is 1. The molecule has 0 radical (unpaired) electrons. The summed E-state index contributed by atoms with van der Waals surface area (Å²) in [5.74, 6) is 1.92. The molecule has 3 aliphatic rings. The van der Waals surface area contributed by atoms with Gasteiger partial charge in [-0.25, -0.2) is 9.97 Å². The van der Waals surface area contributed by atoms with Crippen molar-refractivity contribution in [2.45, 2.75) is 70.4 Å². The number of carbonyl (C=O) groups is 1. The van der Waals surface area contributed by atoms with Crippen LogP contribution in [0.25, 0.3) is 0 Å². The summed E-state index contributed by atoms with van der Waals surface area (Å²) < 4.78 is 0. The van der Waals surface area contributed by atoms with Gasteiger partial charge < -0.3 is 10.6 Å². The van der Waals surface area contributed by atoms with Crippen molar-refractivity contribution in [1.29, 1.82) is 0 Å². The summed E-state index contributed by atoms with van der Waals surface area (Å²) >= 11 is 0. The Balaban J connectivity index is 1.47. The van der Waals surface area contributed by atoms with Crippen LogP contribution in [0.4, 0.5) is 5.82 Å². The van der Waals surface area contributed by atoms with E-state index in [1.807, 2.05) is 6.92 Å². The van der Waals surface area contributed by atoms with Crippen LogP contribution in [0.3, 0.4) is 0 Å². The van der Waals surface area contributed by atoms with Crippen LogP contribution >= 0.6 is 0 Å². The molecule has 1 atom stereocenters. The van der Waals surface area contributed by atoms with E-state index in [4.69, 9.17) is 10.7 Å². The van der Waals surface area contributed by atoms with Crippen LogP contribution < -0.4 is 10.6 Å². The predicted molar refractivity (Wildman–Crippen MR) is 97.6 cm³/mol. The van der Waals surface area contributed by atoms with E-state index in [2.05, 4.69) is 14.8 Å². The lowest BCUT2D eigenvalue weighted by Crippen LogP contribution is -2.50. The van der Waals surface area contributed by atoms with Crippen LogP contribution in [0, 0.1) is 6.92 Å². The zero-order valence-corrected chi connectivity index (χ0v) is 15.2. The number of aryl methyl sites for hydroxylation is 2. The number of piperidine rings is 1. The molecule has 1 aromatic rings. The zero-order valence-electron chi connectivity index (χ0n) is 15.2. The smallest absolute Gasteiger partial charge is 0.234 e. The molecule has 1 aromatic heterocycles. The molecular weight excluding hydrogens is 314 g/mol. The molecule has 2 fully saturated rings. The van der Waals surface area contributed by atoms with Gasteiger partial charge >= 0.3 is 0 Å². The fraction of sp³-hybridized carbons (Fsp3) is 0.737. The predicted octanol–water partition coefficient (Wildman–Crippen LogP) is 1.58. The Morgan fingerprint density at radius 1 is 1.04 bits per heavy atom. The molecule has 25 heavy (non-hydrogen) atoms. The highest BCUT2D eigenvalue weighted by molar-refractivity contribution is 5.80. The van der Waals surface area contributed by atoms with Gasteiger partial charge in [-0.1, -0.05) is 0 Å². The summed E-state index contributed by atoms with van der Waals surface area (Å²) in [5, 5.41) is 0. The van der Waals surface area contributed by atoms with E-state index in [9.17, 15) is 4.79 Å². The largest absolute Gasteiger partial charge is 0.368 e. The van der Waals surface area contributed by atoms with Gasteiger partial charge in [0.2, 0.25) is 5.91 Å². The average Bonchev–Trinajstić information content (AvgIpc) is 3.11. The normalized spacial score (nSPS) is 25.2. The molecule has 0 saturated carbocycles. The fourth-order valence-electron chi connectivity index (χ4n) is 4.90. The van der Waals surface area contributed by atoms with E-state index in [0.717, 1.165) is 64.0 Å². The third-order valence-corrected chi connectivity index (χ3v) is 6.13. The lowest BCUT2D eigenvalue weighted by Gasteiger charge is -2.40. The number of nitrogens with zero attached hydrogens (tertiary/aromatic N) is 4. The van der Waals surface area contributed by atoms with E-state index in [1.54, 1.807) is 0 Å². The second-order valence-electron chi connectivity index (χ2n) is 7.74. The van der Waals surface area contributed by atoms with Crippen molar-refractivity contribution >= 4 is 11.7 Å². The summed E-state index contributed by atoms with van der Waals surface area (Å²) in [6.45, 7) is 5.04. The number of aromatic nitrogens is 2. The second-order valence-corrected chi connectivity index (χ2v) is 7.74. The number of primary amides is 1. The summed E-state index contributed by atoms with van der Waals surface area (Å²) in [6.07, 6.45) is 8.88. The van der Waals surface area contributed by atoms with Crippen molar-refractivity contribution in [3.05, 3.63) is 17.1 Å². The molecule has 2 N–H and O–H groups in total. The molecule has 1 aliphatic carbocycles. The van der Waals surface area contributed by atoms with Crippen LogP contribution in [0.5, 0.6) is 0 Å². The number of amides is 1. The van der Waals surface area contributed by atoms with Crippen LogP contribution in [0.2, 0.25) is 0 Å². The molecular formula is C19H29N5O. The Kier molecular flexibility index (Phi) is 4.63. The SMILES string of the molecule is Cc1nc2c(c(N3CCC(N4CCCC4C(N)=O)CC3)n1)CCCC2. The van der Waals surface area contributed by atoms with Crippen molar-refractivity contribution in [3.8, 4) is 0 Å². The highest BCUT2D eigenvalue weighted by Crippen LogP contribution is 2.32. The summed E-state index contributed by atoms with van der Waals surface area (Å²) in [6, 6.07) is 0.431. The van der Waals surface area contributed by atoms with E-state index >= 15 is 0 Å². The Bertz CT molecular complexity index is 653. The van der Waals surface area contributed by atoms with Crippen molar-refractivity contribution < 1.29 is 4.79 Å². The average molecular weight is 343 g/mol. The molecule has 1 unspecified atom stereocenters. The lowest BCUT2D eigenvalue weighted by atomic mass is 9.95. The van der Waals surface area contributed by atoms with Gasteiger partial charge in [0.15, 0.2) is 0 Å². The van der Waals surface area contributed by atoms with Crippen molar-refractivity contribution in [3.63, 3.8) is 0 Å². The Morgan fingerprint density at radius 3 is 2.56 bits per heavy atom. The molecule has 2 saturated heterocycles. The fourth-order valence-corrected chi connectivity index (χ4v) is 4.90. The molecule has 4 rings (SSSR count). The summed E-state index contributed by atoms with van der Waals surface area (Å²) in [5.41, 5.74) is 8.25. The number of rotatable bonds is 3. The van der Waals surface area contributed by atoms with E-state index in [0.29, 0.717) is 6.04 Å². The highest BCUT2D eigenvalue weighted by Gasteiger charge is 2.36. The van der Waals surface area contributed by atoms with Crippen molar-refractivity contribution in [1.82, 2.24) is 14.9 Å². The third kappa shape index (κ3) is 3.24. The van der Waals surface area contributed by atoms with Gasteiger partial charge in [-0.15, -0.1) is 0 Å². The molecule has 6 heteroatoms. The number of hydrogen-bond acceptors (Lipinski definition) is 5. The number of hydrogen-bond donors (Lipinski definition) is 1. The lowest BCUT2D eigenvalue weighted by molar-refractivity contribution is -0.123. The molecule has 6 nitrogen and oxygen atoms in total. The monoisotopic (exact) mass is 343 g/mol. The van der Waals surface area contributed by atoms with Gasteiger partial charge in [0, 0.05) is 30.4 Å². The number of carbonyl (C=O) groups excluding carboxylic acids is 1.